The number of ether oxygens (including phenoxy) is 1. The van der Waals surface area contributed by atoms with Crippen molar-refractivity contribution < 1.29 is 27.5 Å². The minimum atomic E-state index is -4.42. The molecule has 6 nitrogen and oxygen atoms in total. The number of rotatable bonds is 13. The van der Waals surface area contributed by atoms with Crippen LogP contribution >= 0.6 is 0 Å². The lowest BCUT2D eigenvalue weighted by molar-refractivity contribution is -0.137. The maximum atomic E-state index is 13.1. The number of nitrogens with zero attached hydrogens (tertiary/aromatic N) is 1. The van der Waals surface area contributed by atoms with Crippen LogP contribution in [0.5, 0.6) is 0 Å². The van der Waals surface area contributed by atoms with Crippen molar-refractivity contribution in [2.75, 3.05) is 39.3 Å². The number of amides is 2. The fourth-order valence-electron chi connectivity index (χ4n) is 6.16. The molecule has 2 N–H and O–H groups in total. The number of unbranched alkanes of at least 4 members (excludes halogenated alkanes) is 1. The maximum Gasteiger partial charge on any atom is 0.416 e. The van der Waals surface area contributed by atoms with E-state index < -0.39 is 11.7 Å². The van der Waals surface area contributed by atoms with E-state index in [1.165, 1.54) is 34.0 Å². The van der Waals surface area contributed by atoms with Crippen LogP contribution < -0.4 is 10.6 Å². The summed E-state index contributed by atoms with van der Waals surface area (Å²) < 4.78 is 44.9. The normalized spacial score (nSPS) is 15.4. The molecule has 1 atom stereocenters. The summed E-state index contributed by atoms with van der Waals surface area (Å²) in [5.74, 6) is -0.214. The highest BCUT2D eigenvalue weighted by Crippen LogP contribution is 2.32. The number of alkyl halides is 3. The molecule has 1 saturated heterocycles. The van der Waals surface area contributed by atoms with Crippen molar-refractivity contribution in [1.29, 1.82) is 0 Å². The third kappa shape index (κ3) is 9.42. The summed E-state index contributed by atoms with van der Waals surface area (Å²) in [6.07, 6.45) is -0.566. The Bertz CT molecular complexity index is 1660. The number of morpholine rings is 1. The van der Waals surface area contributed by atoms with Crippen LogP contribution in [0, 0.1) is 6.92 Å². The summed E-state index contributed by atoms with van der Waals surface area (Å²) in [7, 11) is 0. The van der Waals surface area contributed by atoms with E-state index in [1.807, 2.05) is 6.07 Å². The summed E-state index contributed by atoms with van der Waals surface area (Å²) in [6.45, 7) is 6.03. The molecule has 4 aromatic rings. The van der Waals surface area contributed by atoms with Gasteiger partial charge in [-0.2, -0.15) is 13.2 Å². The number of carbonyl (C=O) groups is 2. The van der Waals surface area contributed by atoms with Gasteiger partial charge in [0, 0.05) is 38.2 Å². The van der Waals surface area contributed by atoms with Crippen LogP contribution in [0.15, 0.2) is 84.9 Å². The Labute approximate surface area is 274 Å². The van der Waals surface area contributed by atoms with Gasteiger partial charge in [0.2, 0.25) is 5.91 Å². The standard InChI is InChI=1S/C38H42F3N3O3/c1-27-15-16-28-9-2-3-10-33(28)32(27)13-8-14-36(45)42-21-6-7-22-44-23-24-47-31(26-44)25-43-37(46)35-12-5-4-11-34(35)29-17-19-30(20-18-29)38(39,40)41/h2-5,9-12,15-20,31H,6-8,13-14,21-26H2,1H3,(H,42,45)(H,43,46). The minimum Gasteiger partial charge on any atom is -0.374 e. The molecule has 0 bridgehead atoms. The van der Waals surface area contributed by atoms with E-state index >= 15 is 0 Å². The molecule has 1 fully saturated rings. The summed E-state index contributed by atoms with van der Waals surface area (Å²) >= 11 is 0. The molecule has 0 saturated carbocycles. The van der Waals surface area contributed by atoms with Crippen LogP contribution in [0.3, 0.4) is 0 Å². The molecule has 9 heteroatoms. The van der Waals surface area contributed by atoms with E-state index in [4.69, 9.17) is 4.74 Å². The van der Waals surface area contributed by atoms with E-state index in [2.05, 4.69) is 52.8 Å². The predicted octanol–water partition coefficient (Wildman–Crippen LogP) is 7.18. The summed E-state index contributed by atoms with van der Waals surface area (Å²) in [5, 5.41) is 8.50. The van der Waals surface area contributed by atoms with Crippen molar-refractivity contribution in [2.24, 2.45) is 0 Å². The lowest BCUT2D eigenvalue weighted by atomic mass is 9.95. The largest absolute Gasteiger partial charge is 0.416 e. The monoisotopic (exact) mass is 645 g/mol. The number of hydrogen-bond acceptors (Lipinski definition) is 4. The van der Waals surface area contributed by atoms with Crippen molar-refractivity contribution >= 4 is 22.6 Å². The number of benzene rings is 4. The molecule has 47 heavy (non-hydrogen) atoms. The van der Waals surface area contributed by atoms with Crippen molar-refractivity contribution in [2.45, 2.75) is 51.3 Å². The molecule has 0 spiro atoms. The smallest absolute Gasteiger partial charge is 0.374 e. The first kappa shape index (κ1) is 34.1. The van der Waals surface area contributed by atoms with E-state index in [-0.39, 0.29) is 17.9 Å². The molecule has 5 rings (SSSR count). The van der Waals surface area contributed by atoms with Crippen LogP contribution in [0.2, 0.25) is 0 Å². The zero-order valence-electron chi connectivity index (χ0n) is 26.7. The Hall–Kier alpha value is -4.21. The molecule has 248 valence electrons. The van der Waals surface area contributed by atoms with Gasteiger partial charge in [-0.15, -0.1) is 0 Å². The van der Waals surface area contributed by atoms with Gasteiger partial charge in [0.1, 0.15) is 0 Å². The van der Waals surface area contributed by atoms with Crippen molar-refractivity contribution in [3.05, 3.63) is 107 Å². The topological polar surface area (TPSA) is 70.7 Å². The molecule has 1 aliphatic rings. The second kappa shape index (κ2) is 16.1. The number of halogens is 3. The number of carbonyl (C=O) groups excluding carboxylic acids is 2. The number of aryl methyl sites for hydroxylation is 2. The average Bonchev–Trinajstić information content (AvgIpc) is 3.08. The van der Waals surface area contributed by atoms with E-state index in [0.29, 0.717) is 49.4 Å². The van der Waals surface area contributed by atoms with Gasteiger partial charge >= 0.3 is 6.18 Å². The highest BCUT2D eigenvalue weighted by molar-refractivity contribution is 6.00. The number of nitrogens with one attached hydrogen (secondary N) is 2. The summed E-state index contributed by atoms with van der Waals surface area (Å²) in [4.78, 5) is 27.9. The quantitative estimate of drug-likeness (QED) is 0.151. The third-order valence-corrected chi connectivity index (χ3v) is 8.74. The van der Waals surface area contributed by atoms with Crippen molar-refractivity contribution in [1.82, 2.24) is 15.5 Å². The molecule has 1 aliphatic heterocycles. The molecule has 4 aromatic carbocycles. The van der Waals surface area contributed by atoms with Gasteiger partial charge in [-0.1, -0.05) is 66.7 Å². The molecule has 2 amide bonds. The average molecular weight is 646 g/mol. The highest BCUT2D eigenvalue weighted by atomic mass is 19.4. The van der Waals surface area contributed by atoms with Gasteiger partial charge in [0.15, 0.2) is 0 Å². The Kier molecular flexibility index (Phi) is 11.7. The number of hydrogen-bond donors (Lipinski definition) is 2. The Morgan fingerprint density at radius 1 is 0.894 bits per heavy atom. The van der Waals surface area contributed by atoms with Crippen LogP contribution in [0.1, 0.15) is 52.7 Å². The van der Waals surface area contributed by atoms with Crippen LogP contribution in [0.4, 0.5) is 13.2 Å². The van der Waals surface area contributed by atoms with Gasteiger partial charge in [-0.3, -0.25) is 14.5 Å². The van der Waals surface area contributed by atoms with Gasteiger partial charge in [-0.05, 0) is 90.4 Å². The van der Waals surface area contributed by atoms with Crippen molar-refractivity contribution in [3.63, 3.8) is 0 Å². The molecule has 0 aromatic heterocycles. The first-order valence-corrected chi connectivity index (χ1v) is 16.3. The highest BCUT2D eigenvalue weighted by Gasteiger charge is 2.30. The van der Waals surface area contributed by atoms with Gasteiger partial charge < -0.3 is 15.4 Å². The van der Waals surface area contributed by atoms with Crippen LogP contribution in [-0.4, -0.2) is 62.1 Å². The minimum absolute atomic E-state index is 0.0879. The van der Waals surface area contributed by atoms with Crippen LogP contribution in [-0.2, 0) is 22.1 Å². The van der Waals surface area contributed by atoms with Crippen LogP contribution in [0.25, 0.3) is 21.9 Å². The molecule has 0 aliphatic carbocycles. The number of fused-ring (bicyclic) bond motifs is 1. The molecular formula is C38H42F3N3O3. The zero-order valence-corrected chi connectivity index (χ0v) is 26.7. The van der Waals surface area contributed by atoms with Gasteiger partial charge in [0.25, 0.3) is 5.91 Å². The summed E-state index contributed by atoms with van der Waals surface area (Å²) in [5.41, 5.74) is 3.35. The van der Waals surface area contributed by atoms with E-state index in [9.17, 15) is 22.8 Å². The lowest BCUT2D eigenvalue weighted by Crippen LogP contribution is -2.47. The second-order valence-electron chi connectivity index (χ2n) is 12.1. The Morgan fingerprint density at radius 3 is 2.47 bits per heavy atom. The first-order chi connectivity index (χ1) is 22.7. The van der Waals surface area contributed by atoms with E-state index in [1.54, 1.807) is 24.3 Å². The fraction of sp³-hybridized carbons (Fsp3) is 0.368. The lowest BCUT2D eigenvalue weighted by Gasteiger charge is -2.33. The molecular weight excluding hydrogens is 603 g/mol. The summed E-state index contributed by atoms with van der Waals surface area (Å²) in [6, 6.07) is 24.4. The Balaban J connectivity index is 0.996. The zero-order chi connectivity index (χ0) is 33.2. The SMILES string of the molecule is Cc1ccc2ccccc2c1CCCC(=O)NCCCCN1CCOC(CNC(=O)c2ccccc2-c2ccc(C(F)(F)F)cc2)C1. The molecule has 1 unspecified atom stereocenters. The van der Waals surface area contributed by atoms with Gasteiger partial charge in [0.05, 0.1) is 18.3 Å². The van der Waals surface area contributed by atoms with Crippen molar-refractivity contribution in [3.8, 4) is 11.1 Å². The first-order valence-electron chi connectivity index (χ1n) is 16.3. The maximum absolute atomic E-state index is 13.1. The third-order valence-electron chi connectivity index (χ3n) is 8.74. The second-order valence-corrected chi connectivity index (χ2v) is 12.1. The van der Waals surface area contributed by atoms with E-state index in [0.717, 1.165) is 50.9 Å². The van der Waals surface area contributed by atoms with Gasteiger partial charge in [-0.25, -0.2) is 0 Å². The fourth-order valence-corrected chi connectivity index (χ4v) is 6.16. The molecule has 1 heterocycles. The Morgan fingerprint density at radius 2 is 1.66 bits per heavy atom. The predicted molar refractivity (Wildman–Crippen MR) is 179 cm³/mol. The molecule has 0 radical (unpaired) electrons.